The molecule has 0 spiro atoms. The summed E-state index contributed by atoms with van der Waals surface area (Å²) in [6, 6.07) is -0.456. The Kier molecular flexibility index (Phi) is 5.19. The lowest BCUT2D eigenvalue weighted by molar-refractivity contribution is -0.149. The molecular formula is C19H32N2O3. The molecule has 5 heteroatoms. The highest BCUT2D eigenvalue weighted by Gasteiger charge is 2.55. The van der Waals surface area contributed by atoms with Crippen molar-refractivity contribution in [3.8, 4) is 0 Å². The molecule has 4 aliphatic carbocycles. The first kappa shape index (κ1) is 17.7. The van der Waals surface area contributed by atoms with Gasteiger partial charge in [-0.05, 0) is 62.2 Å². The normalized spacial score (nSPS) is 35.1. The number of hydrogen-bond donors (Lipinski definition) is 2. The van der Waals surface area contributed by atoms with E-state index in [1.807, 2.05) is 13.8 Å². The van der Waals surface area contributed by atoms with Gasteiger partial charge >= 0.3 is 0 Å². The van der Waals surface area contributed by atoms with Crippen LogP contribution >= 0.6 is 0 Å². The van der Waals surface area contributed by atoms with Gasteiger partial charge in [0.2, 0.25) is 11.8 Å². The summed E-state index contributed by atoms with van der Waals surface area (Å²) in [5.41, 5.74) is -0.200. The Bertz CT molecular complexity index is 454. The second-order valence-electron chi connectivity index (χ2n) is 8.68. The van der Waals surface area contributed by atoms with Crippen LogP contribution in [0.15, 0.2) is 0 Å². The molecule has 24 heavy (non-hydrogen) atoms. The molecule has 1 atom stereocenters. The lowest BCUT2D eigenvalue weighted by atomic mass is 9.49. The van der Waals surface area contributed by atoms with Gasteiger partial charge in [-0.1, -0.05) is 13.8 Å². The van der Waals surface area contributed by atoms with Crippen LogP contribution in [0.4, 0.5) is 0 Å². The van der Waals surface area contributed by atoms with Crippen LogP contribution in [0.25, 0.3) is 0 Å². The van der Waals surface area contributed by atoms with E-state index in [0.29, 0.717) is 13.2 Å². The Balaban J connectivity index is 1.64. The molecule has 0 radical (unpaired) electrons. The summed E-state index contributed by atoms with van der Waals surface area (Å²) >= 11 is 0. The largest absolute Gasteiger partial charge is 0.383 e. The predicted octanol–water partition coefficient (Wildman–Crippen LogP) is 2.11. The average molecular weight is 336 g/mol. The van der Waals surface area contributed by atoms with E-state index in [-0.39, 0.29) is 23.1 Å². The fraction of sp³-hybridized carbons (Fsp3) is 0.895. The number of ether oxygens (including phenoxy) is 1. The van der Waals surface area contributed by atoms with Crippen molar-refractivity contribution in [2.75, 3.05) is 20.3 Å². The zero-order valence-electron chi connectivity index (χ0n) is 15.3. The third-order valence-electron chi connectivity index (χ3n) is 6.36. The Morgan fingerprint density at radius 3 is 2.08 bits per heavy atom. The van der Waals surface area contributed by atoms with Gasteiger partial charge < -0.3 is 15.4 Å². The second kappa shape index (κ2) is 7.03. The quantitative estimate of drug-likeness (QED) is 0.700. The molecule has 0 saturated heterocycles. The van der Waals surface area contributed by atoms with Crippen molar-refractivity contribution < 1.29 is 14.3 Å². The minimum atomic E-state index is -0.456. The van der Waals surface area contributed by atoms with Gasteiger partial charge in [0, 0.05) is 19.1 Å². The highest BCUT2D eigenvalue weighted by molar-refractivity contribution is 5.90. The summed E-state index contributed by atoms with van der Waals surface area (Å²) < 4.78 is 4.98. The maximum atomic E-state index is 13.1. The molecule has 0 aromatic rings. The number of carbonyl (C=O) groups is 2. The third-order valence-corrected chi connectivity index (χ3v) is 6.36. The van der Waals surface area contributed by atoms with Crippen molar-refractivity contribution in [2.45, 2.75) is 58.4 Å². The molecule has 1 unspecified atom stereocenters. The topological polar surface area (TPSA) is 67.4 Å². The van der Waals surface area contributed by atoms with Crippen LogP contribution in [-0.2, 0) is 14.3 Å². The summed E-state index contributed by atoms with van der Waals surface area (Å²) in [4.78, 5) is 25.6. The van der Waals surface area contributed by atoms with Gasteiger partial charge in [0.15, 0.2) is 0 Å². The number of carbonyl (C=O) groups excluding carboxylic acids is 2. The van der Waals surface area contributed by atoms with Gasteiger partial charge in [-0.2, -0.15) is 0 Å². The number of methoxy groups -OCH3 is 1. The summed E-state index contributed by atoms with van der Waals surface area (Å²) in [7, 11) is 1.61. The maximum absolute atomic E-state index is 13.1. The van der Waals surface area contributed by atoms with Gasteiger partial charge in [0.25, 0.3) is 0 Å². The van der Waals surface area contributed by atoms with Crippen LogP contribution in [0.2, 0.25) is 0 Å². The van der Waals surface area contributed by atoms with Crippen molar-refractivity contribution in [1.82, 2.24) is 10.6 Å². The molecule has 2 N–H and O–H groups in total. The Labute approximate surface area is 145 Å². The van der Waals surface area contributed by atoms with Crippen molar-refractivity contribution in [3.63, 3.8) is 0 Å². The van der Waals surface area contributed by atoms with Gasteiger partial charge in [-0.15, -0.1) is 0 Å². The molecule has 4 bridgehead atoms. The number of rotatable bonds is 7. The van der Waals surface area contributed by atoms with E-state index in [2.05, 4.69) is 10.6 Å². The van der Waals surface area contributed by atoms with E-state index in [4.69, 9.17) is 4.74 Å². The summed E-state index contributed by atoms with van der Waals surface area (Å²) in [5.74, 6) is 2.30. The molecule has 4 rings (SSSR count). The lowest BCUT2D eigenvalue weighted by Crippen LogP contribution is -2.58. The number of nitrogens with one attached hydrogen (secondary N) is 2. The summed E-state index contributed by atoms with van der Waals surface area (Å²) in [6.07, 6.45) is 7.04. The molecule has 0 aliphatic heterocycles. The van der Waals surface area contributed by atoms with Gasteiger partial charge in [0.1, 0.15) is 6.04 Å². The van der Waals surface area contributed by atoms with E-state index in [1.54, 1.807) is 7.11 Å². The standard InChI is InChI=1S/C19H32N2O3/c1-12(2)16(17(22)20-4-5-24-3)21-18(23)19-9-13-6-14(10-19)8-15(7-13)11-19/h12-16H,4-11H2,1-3H3,(H,20,22)(H,21,23). The zero-order valence-corrected chi connectivity index (χ0v) is 15.3. The maximum Gasteiger partial charge on any atom is 0.242 e. The van der Waals surface area contributed by atoms with Crippen LogP contribution in [0.5, 0.6) is 0 Å². The molecule has 4 saturated carbocycles. The fourth-order valence-corrected chi connectivity index (χ4v) is 5.60. The van der Waals surface area contributed by atoms with E-state index < -0.39 is 6.04 Å². The van der Waals surface area contributed by atoms with Crippen LogP contribution < -0.4 is 10.6 Å². The van der Waals surface area contributed by atoms with Crippen molar-refractivity contribution in [3.05, 3.63) is 0 Å². The first-order valence-corrected chi connectivity index (χ1v) is 9.51. The fourth-order valence-electron chi connectivity index (χ4n) is 5.60. The smallest absolute Gasteiger partial charge is 0.242 e. The molecule has 5 nitrogen and oxygen atoms in total. The monoisotopic (exact) mass is 336 g/mol. The molecular weight excluding hydrogens is 304 g/mol. The highest BCUT2D eigenvalue weighted by atomic mass is 16.5. The Morgan fingerprint density at radius 2 is 1.62 bits per heavy atom. The van der Waals surface area contributed by atoms with Crippen LogP contribution in [0.3, 0.4) is 0 Å². The lowest BCUT2D eigenvalue weighted by Gasteiger charge is -2.55. The van der Waals surface area contributed by atoms with Crippen molar-refractivity contribution in [1.29, 1.82) is 0 Å². The Morgan fingerprint density at radius 1 is 1.08 bits per heavy atom. The Hall–Kier alpha value is -1.10. The van der Waals surface area contributed by atoms with E-state index in [1.165, 1.54) is 19.3 Å². The third kappa shape index (κ3) is 3.46. The minimum absolute atomic E-state index is 0.0745. The molecule has 0 heterocycles. The van der Waals surface area contributed by atoms with Gasteiger partial charge in [-0.25, -0.2) is 0 Å². The first-order chi connectivity index (χ1) is 11.4. The van der Waals surface area contributed by atoms with Crippen molar-refractivity contribution in [2.24, 2.45) is 29.1 Å². The highest BCUT2D eigenvalue weighted by Crippen LogP contribution is 2.60. The molecule has 136 valence electrons. The van der Waals surface area contributed by atoms with E-state index in [0.717, 1.165) is 37.0 Å². The van der Waals surface area contributed by atoms with Crippen LogP contribution in [0, 0.1) is 29.1 Å². The average Bonchev–Trinajstić information content (AvgIpc) is 2.50. The molecule has 4 fully saturated rings. The van der Waals surface area contributed by atoms with E-state index in [9.17, 15) is 9.59 Å². The number of hydrogen-bond acceptors (Lipinski definition) is 3. The van der Waals surface area contributed by atoms with Gasteiger partial charge in [-0.3, -0.25) is 9.59 Å². The predicted molar refractivity (Wildman–Crippen MR) is 92.3 cm³/mol. The SMILES string of the molecule is COCCNC(=O)C(NC(=O)C12CC3CC(CC(C3)C1)C2)C(C)C. The first-order valence-electron chi connectivity index (χ1n) is 9.51. The molecule has 4 aliphatic rings. The van der Waals surface area contributed by atoms with Crippen molar-refractivity contribution >= 4 is 11.8 Å². The van der Waals surface area contributed by atoms with Crippen LogP contribution in [-0.4, -0.2) is 38.1 Å². The molecule has 2 amide bonds. The van der Waals surface area contributed by atoms with E-state index >= 15 is 0 Å². The van der Waals surface area contributed by atoms with Gasteiger partial charge in [0.05, 0.1) is 6.61 Å². The van der Waals surface area contributed by atoms with Crippen LogP contribution in [0.1, 0.15) is 52.4 Å². The molecule has 0 aromatic carbocycles. The second-order valence-corrected chi connectivity index (χ2v) is 8.68. The number of amides is 2. The molecule has 0 aromatic heterocycles. The summed E-state index contributed by atoms with van der Waals surface area (Å²) in [5, 5.41) is 5.97. The zero-order chi connectivity index (χ0) is 17.3. The summed E-state index contributed by atoms with van der Waals surface area (Å²) in [6.45, 7) is 4.94. The minimum Gasteiger partial charge on any atom is -0.383 e.